The molecule has 1 amide bonds. The molecular weight excluding hydrogens is 322 g/mol. The summed E-state index contributed by atoms with van der Waals surface area (Å²) < 4.78 is 5.78. The lowest BCUT2D eigenvalue weighted by Crippen LogP contribution is -2.19. The minimum absolute atomic E-state index is 0.260. The number of aliphatic imine (C=N–C) groups is 1. The van der Waals surface area contributed by atoms with Crippen LogP contribution in [-0.4, -0.2) is 11.1 Å². The molecule has 2 aromatic carbocycles. The lowest BCUT2D eigenvalue weighted by atomic mass is 10.2. The van der Waals surface area contributed by atoms with Crippen molar-refractivity contribution in [1.82, 2.24) is 5.32 Å². The van der Waals surface area contributed by atoms with Crippen LogP contribution < -0.4 is 10.1 Å². The van der Waals surface area contributed by atoms with E-state index in [-0.39, 0.29) is 5.91 Å². The van der Waals surface area contributed by atoms with Crippen LogP contribution in [0.2, 0.25) is 0 Å². The van der Waals surface area contributed by atoms with E-state index in [2.05, 4.69) is 10.3 Å². The Labute approximate surface area is 143 Å². The number of nitrogens with zero attached hydrogens (tertiary/aromatic N) is 2. The van der Waals surface area contributed by atoms with E-state index in [0.717, 1.165) is 28.6 Å². The van der Waals surface area contributed by atoms with E-state index in [1.165, 1.54) is 0 Å². The number of nitrogens with one attached hydrogen (secondary N) is 1. The fraction of sp³-hybridized carbons (Fsp3) is 0.0556. The maximum atomic E-state index is 11.8. The number of thioether (sulfide) groups is 1. The Bertz CT molecular complexity index is 854. The minimum Gasteiger partial charge on any atom is -0.489 e. The number of amides is 1. The van der Waals surface area contributed by atoms with Crippen LogP contribution in [0.1, 0.15) is 11.1 Å². The molecule has 1 aliphatic heterocycles. The Hall–Kier alpha value is -3.04. The van der Waals surface area contributed by atoms with Crippen molar-refractivity contribution < 1.29 is 9.53 Å². The van der Waals surface area contributed by atoms with E-state index in [4.69, 9.17) is 10.00 Å². The van der Waals surface area contributed by atoms with Crippen LogP contribution in [0.4, 0.5) is 0 Å². The number of carbonyl (C=O) groups excluding carboxylic acids is 1. The van der Waals surface area contributed by atoms with Gasteiger partial charge in [-0.2, -0.15) is 5.26 Å². The molecule has 2 aromatic rings. The third-order valence-electron chi connectivity index (χ3n) is 3.21. The fourth-order valence-electron chi connectivity index (χ4n) is 2.11. The number of carbonyl (C=O) groups is 1. The summed E-state index contributed by atoms with van der Waals surface area (Å²) in [7, 11) is 0. The summed E-state index contributed by atoms with van der Waals surface area (Å²) >= 11 is 1.14. The summed E-state index contributed by atoms with van der Waals surface area (Å²) in [5.74, 6) is 0.465. The zero-order valence-corrected chi connectivity index (χ0v) is 13.4. The summed E-state index contributed by atoms with van der Waals surface area (Å²) in [6.07, 6.45) is 3.41. The van der Waals surface area contributed by atoms with Crippen molar-refractivity contribution in [2.45, 2.75) is 6.61 Å². The van der Waals surface area contributed by atoms with Crippen LogP contribution in [0, 0.1) is 11.5 Å². The number of hydrogen-bond acceptors (Lipinski definition) is 5. The first kappa shape index (κ1) is 15.8. The molecule has 1 heterocycles. The van der Waals surface area contributed by atoms with Crippen molar-refractivity contribution in [3.63, 3.8) is 0 Å². The molecule has 6 heteroatoms. The molecule has 5 nitrogen and oxygen atoms in total. The highest BCUT2D eigenvalue weighted by atomic mass is 32.2. The molecule has 1 fully saturated rings. The lowest BCUT2D eigenvalue weighted by molar-refractivity contribution is -0.115. The normalized spacial score (nSPS) is 16.9. The number of ether oxygens (including phenoxy) is 1. The first-order valence-corrected chi connectivity index (χ1v) is 8.01. The molecule has 24 heavy (non-hydrogen) atoms. The van der Waals surface area contributed by atoms with Gasteiger partial charge in [0.05, 0.1) is 4.91 Å². The molecule has 0 aromatic heterocycles. The highest BCUT2D eigenvalue weighted by Crippen LogP contribution is 2.27. The summed E-state index contributed by atoms with van der Waals surface area (Å²) in [6.45, 7) is 0.481. The van der Waals surface area contributed by atoms with Crippen molar-refractivity contribution in [2.75, 3.05) is 0 Å². The van der Waals surface area contributed by atoms with Gasteiger partial charge in [-0.3, -0.25) is 10.1 Å². The van der Waals surface area contributed by atoms with E-state index < -0.39 is 0 Å². The zero-order chi connectivity index (χ0) is 16.8. The Morgan fingerprint density at radius 3 is 2.83 bits per heavy atom. The van der Waals surface area contributed by atoms with Crippen LogP contribution in [0.15, 0.2) is 64.5 Å². The summed E-state index contributed by atoms with van der Waals surface area (Å²) in [4.78, 5) is 15.9. The third-order valence-corrected chi connectivity index (χ3v) is 4.12. The van der Waals surface area contributed by atoms with Gasteiger partial charge < -0.3 is 4.74 Å². The van der Waals surface area contributed by atoms with Gasteiger partial charge >= 0.3 is 0 Å². The Kier molecular flexibility index (Phi) is 4.94. The van der Waals surface area contributed by atoms with Crippen molar-refractivity contribution in [3.8, 4) is 11.9 Å². The van der Waals surface area contributed by atoms with Crippen molar-refractivity contribution >= 4 is 28.9 Å². The molecule has 118 valence electrons. The van der Waals surface area contributed by atoms with Crippen LogP contribution in [-0.2, 0) is 11.4 Å². The number of hydrogen-bond donors (Lipinski definition) is 1. The maximum absolute atomic E-state index is 11.8. The van der Waals surface area contributed by atoms with Crippen molar-refractivity contribution in [2.24, 2.45) is 4.99 Å². The van der Waals surface area contributed by atoms with Gasteiger partial charge in [-0.05, 0) is 41.1 Å². The number of rotatable bonds is 4. The molecule has 0 unspecified atom stereocenters. The monoisotopic (exact) mass is 335 g/mol. The van der Waals surface area contributed by atoms with Gasteiger partial charge in [-0.25, -0.2) is 0 Å². The molecule has 1 aliphatic rings. The zero-order valence-electron chi connectivity index (χ0n) is 12.6. The topological polar surface area (TPSA) is 74.5 Å². The van der Waals surface area contributed by atoms with Crippen LogP contribution in [0.5, 0.6) is 5.75 Å². The van der Waals surface area contributed by atoms with Crippen LogP contribution >= 0.6 is 11.8 Å². The standard InChI is InChI=1S/C18H13N3O2S/c19-12-20-18-21-17(22)16(24-18)10-14-7-4-8-15(9-14)23-11-13-5-2-1-3-6-13/h1-10H,11H2,(H,20,21,22). The Balaban J connectivity index is 1.72. The summed E-state index contributed by atoms with van der Waals surface area (Å²) in [6, 6.07) is 17.4. The number of amidine groups is 1. The SMILES string of the molecule is N#CN=C1NC(=O)C(=Cc2cccc(OCc3ccccc3)c2)S1. The van der Waals surface area contributed by atoms with Crippen molar-refractivity contribution in [3.05, 3.63) is 70.6 Å². The predicted molar refractivity (Wildman–Crippen MR) is 94.0 cm³/mol. The van der Waals surface area contributed by atoms with Crippen molar-refractivity contribution in [1.29, 1.82) is 5.26 Å². The second-order valence-electron chi connectivity index (χ2n) is 4.93. The predicted octanol–water partition coefficient (Wildman–Crippen LogP) is 3.31. The molecule has 0 aliphatic carbocycles. The molecule has 0 radical (unpaired) electrons. The van der Waals surface area contributed by atoms with Gasteiger partial charge in [0.15, 0.2) is 5.17 Å². The molecule has 1 N–H and O–H groups in total. The second-order valence-corrected chi connectivity index (χ2v) is 5.96. The van der Waals surface area contributed by atoms with E-state index in [1.807, 2.05) is 54.6 Å². The Morgan fingerprint density at radius 2 is 2.04 bits per heavy atom. The highest BCUT2D eigenvalue weighted by molar-refractivity contribution is 8.18. The number of benzene rings is 2. The molecule has 0 bridgehead atoms. The van der Waals surface area contributed by atoms with E-state index in [9.17, 15) is 4.79 Å². The van der Waals surface area contributed by atoms with Gasteiger partial charge in [0.2, 0.25) is 6.19 Å². The smallest absolute Gasteiger partial charge is 0.264 e. The van der Waals surface area contributed by atoms with Gasteiger partial charge in [0.25, 0.3) is 5.91 Å². The number of nitriles is 1. The van der Waals surface area contributed by atoms with E-state index in [1.54, 1.807) is 12.3 Å². The molecule has 0 spiro atoms. The van der Waals surface area contributed by atoms with E-state index >= 15 is 0 Å². The average molecular weight is 335 g/mol. The van der Waals surface area contributed by atoms with Gasteiger partial charge in [-0.1, -0.05) is 42.5 Å². The van der Waals surface area contributed by atoms with Crippen LogP contribution in [0.3, 0.4) is 0 Å². The molecule has 0 saturated carbocycles. The van der Waals surface area contributed by atoms with Gasteiger partial charge in [-0.15, -0.1) is 4.99 Å². The lowest BCUT2D eigenvalue weighted by Gasteiger charge is -2.07. The largest absolute Gasteiger partial charge is 0.489 e. The fourth-order valence-corrected chi connectivity index (χ4v) is 2.89. The first-order chi connectivity index (χ1) is 11.7. The first-order valence-electron chi connectivity index (χ1n) is 7.19. The second kappa shape index (κ2) is 7.49. The quantitative estimate of drug-likeness (QED) is 0.687. The summed E-state index contributed by atoms with van der Waals surface area (Å²) in [5.41, 5.74) is 1.93. The van der Waals surface area contributed by atoms with E-state index in [0.29, 0.717) is 16.7 Å². The van der Waals surface area contributed by atoms with Crippen LogP contribution in [0.25, 0.3) is 6.08 Å². The summed E-state index contributed by atoms with van der Waals surface area (Å²) in [5, 5.41) is 11.4. The maximum Gasteiger partial charge on any atom is 0.264 e. The minimum atomic E-state index is -0.260. The highest BCUT2D eigenvalue weighted by Gasteiger charge is 2.23. The molecular formula is C18H13N3O2S. The molecule has 1 saturated heterocycles. The average Bonchev–Trinajstić information content (AvgIpc) is 2.94. The molecule has 3 rings (SSSR count). The van der Waals surface area contributed by atoms with Gasteiger partial charge in [0.1, 0.15) is 12.4 Å². The Morgan fingerprint density at radius 1 is 1.21 bits per heavy atom. The third kappa shape index (κ3) is 4.03. The molecule has 0 atom stereocenters. The van der Waals surface area contributed by atoms with Gasteiger partial charge in [0, 0.05) is 0 Å².